The van der Waals surface area contributed by atoms with Gasteiger partial charge in [-0.25, -0.2) is 0 Å². The van der Waals surface area contributed by atoms with E-state index in [1.807, 2.05) is 24.3 Å². The second kappa shape index (κ2) is 6.48. The summed E-state index contributed by atoms with van der Waals surface area (Å²) in [6, 6.07) is 7.74. The molecule has 5 nitrogen and oxygen atoms in total. The lowest BCUT2D eigenvalue weighted by molar-refractivity contribution is -0.121. The Morgan fingerprint density at radius 1 is 1.23 bits per heavy atom. The topological polar surface area (TPSA) is 78.0 Å². The highest BCUT2D eigenvalue weighted by Crippen LogP contribution is 2.26. The van der Waals surface area contributed by atoms with E-state index in [2.05, 4.69) is 15.5 Å². The van der Waals surface area contributed by atoms with Crippen molar-refractivity contribution in [2.75, 3.05) is 6.54 Å². The third kappa shape index (κ3) is 3.47. The van der Waals surface area contributed by atoms with E-state index in [0.29, 0.717) is 6.54 Å². The summed E-state index contributed by atoms with van der Waals surface area (Å²) in [7, 11) is 0. The van der Waals surface area contributed by atoms with Gasteiger partial charge in [0.15, 0.2) is 0 Å². The van der Waals surface area contributed by atoms with Gasteiger partial charge in [-0.05, 0) is 18.9 Å². The quantitative estimate of drug-likeness (QED) is 0.758. The molecule has 3 N–H and O–H groups in total. The van der Waals surface area contributed by atoms with Gasteiger partial charge in [0.2, 0.25) is 5.91 Å². The van der Waals surface area contributed by atoms with Gasteiger partial charge in [0.05, 0.1) is 23.2 Å². The number of hydrogen-bond donors (Lipinski definition) is 3. The largest absolute Gasteiger partial charge is 0.388 e. The van der Waals surface area contributed by atoms with E-state index in [0.717, 1.165) is 42.3 Å². The number of para-hydroxylation sites is 1. The summed E-state index contributed by atoms with van der Waals surface area (Å²) in [6.45, 7) is 0.345. The van der Waals surface area contributed by atoms with Gasteiger partial charge in [0.25, 0.3) is 0 Å². The van der Waals surface area contributed by atoms with Gasteiger partial charge in [0.1, 0.15) is 0 Å². The van der Waals surface area contributed by atoms with Crippen molar-refractivity contribution in [1.29, 1.82) is 0 Å². The number of aliphatic hydroxyl groups is 1. The Balaban J connectivity index is 1.58. The number of H-pyrrole nitrogens is 1. The van der Waals surface area contributed by atoms with Crippen LogP contribution in [0.25, 0.3) is 10.9 Å². The first kappa shape index (κ1) is 15.0. The maximum atomic E-state index is 12.2. The highest BCUT2D eigenvalue weighted by Gasteiger charge is 2.28. The fraction of sp³-hybridized carbons (Fsp3) is 0.529. The van der Waals surface area contributed by atoms with Gasteiger partial charge in [-0.15, -0.1) is 0 Å². The normalized spacial score (nSPS) is 18.0. The van der Waals surface area contributed by atoms with Crippen molar-refractivity contribution in [1.82, 2.24) is 15.5 Å². The summed E-state index contributed by atoms with van der Waals surface area (Å²) >= 11 is 0. The van der Waals surface area contributed by atoms with Gasteiger partial charge < -0.3 is 10.4 Å². The number of aromatic amines is 1. The molecule has 0 atom stereocenters. The van der Waals surface area contributed by atoms with Crippen LogP contribution in [0, 0.1) is 0 Å². The van der Waals surface area contributed by atoms with Crippen LogP contribution in [0.5, 0.6) is 0 Å². The fourth-order valence-corrected chi connectivity index (χ4v) is 3.20. The first-order valence-corrected chi connectivity index (χ1v) is 8.07. The molecule has 0 spiro atoms. The average Bonchev–Trinajstić information content (AvgIpc) is 2.79. The highest BCUT2D eigenvalue weighted by molar-refractivity contribution is 5.87. The summed E-state index contributed by atoms with van der Waals surface area (Å²) < 4.78 is 0. The van der Waals surface area contributed by atoms with Crippen molar-refractivity contribution < 1.29 is 9.90 Å². The molecule has 5 heteroatoms. The molecule has 22 heavy (non-hydrogen) atoms. The fourth-order valence-electron chi connectivity index (χ4n) is 3.20. The third-order valence-electron chi connectivity index (χ3n) is 4.53. The third-order valence-corrected chi connectivity index (χ3v) is 4.53. The number of aromatic nitrogens is 2. The summed E-state index contributed by atoms with van der Waals surface area (Å²) in [6.07, 6.45) is 6.25. The zero-order valence-electron chi connectivity index (χ0n) is 12.8. The highest BCUT2D eigenvalue weighted by atomic mass is 16.3. The Bertz CT molecular complexity index is 642. The average molecular weight is 301 g/mol. The summed E-state index contributed by atoms with van der Waals surface area (Å²) in [5, 5.41) is 21.5. The number of carbonyl (C=O) groups excluding carboxylic acids is 1. The maximum Gasteiger partial charge on any atom is 0.226 e. The van der Waals surface area contributed by atoms with Crippen molar-refractivity contribution in [2.45, 2.75) is 50.5 Å². The van der Waals surface area contributed by atoms with Crippen LogP contribution < -0.4 is 5.32 Å². The van der Waals surface area contributed by atoms with Crippen molar-refractivity contribution in [3.63, 3.8) is 0 Å². The molecule has 2 aromatic rings. The number of rotatable bonds is 4. The molecule has 1 aliphatic rings. The maximum absolute atomic E-state index is 12.2. The molecule has 0 unspecified atom stereocenters. The standard InChI is InChI=1S/C17H23N3O2/c21-16(18-12-17(22)9-5-1-2-6-10-17)11-15-13-7-3-4-8-14(13)19-20-15/h3-4,7-8,22H,1-2,5-6,9-12H2,(H,18,21)(H,19,20). The van der Waals surface area contributed by atoms with Crippen LogP contribution in [0.1, 0.15) is 44.2 Å². The van der Waals surface area contributed by atoms with Crippen LogP contribution in [0.2, 0.25) is 0 Å². The van der Waals surface area contributed by atoms with E-state index in [1.54, 1.807) is 0 Å². The predicted octanol–water partition coefficient (Wildman–Crippen LogP) is 2.31. The minimum Gasteiger partial charge on any atom is -0.388 e. The number of nitrogens with one attached hydrogen (secondary N) is 2. The molecule has 1 saturated carbocycles. The number of nitrogens with zero attached hydrogens (tertiary/aromatic N) is 1. The summed E-state index contributed by atoms with van der Waals surface area (Å²) in [5.41, 5.74) is 0.955. The summed E-state index contributed by atoms with van der Waals surface area (Å²) in [4.78, 5) is 12.2. The van der Waals surface area contributed by atoms with E-state index >= 15 is 0 Å². The van der Waals surface area contributed by atoms with Crippen LogP contribution in [-0.4, -0.2) is 33.4 Å². The number of fused-ring (bicyclic) bond motifs is 1. The van der Waals surface area contributed by atoms with Gasteiger partial charge in [-0.3, -0.25) is 9.89 Å². The molecule has 1 aliphatic carbocycles. The van der Waals surface area contributed by atoms with E-state index in [9.17, 15) is 9.90 Å². The molecule has 3 rings (SSSR count). The monoisotopic (exact) mass is 301 g/mol. The van der Waals surface area contributed by atoms with Crippen LogP contribution in [0.3, 0.4) is 0 Å². The summed E-state index contributed by atoms with van der Waals surface area (Å²) in [5.74, 6) is -0.0768. The minimum absolute atomic E-state index is 0.0768. The zero-order valence-corrected chi connectivity index (χ0v) is 12.8. The molecule has 1 aromatic heterocycles. The smallest absolute Gasteiger partial charge is 0.226 e. The molecule has 1 aromatic carbocycles. The van der Waals surface area contributed by atoms with Gasteiger partial charge in [0, 0.05) is 11.9 Å². The minimum atomic E-state index is -0.734. The molecule has 1 heterocycles. The Kier molecular flexibility index (Phi) is 4.43. The van der Waals surface area contributed by atoms with Gasteiger partial charge in [-0.2, -0.15) is 5.10 Å². The number of benzene rings is 1. The molecule has 1 amide bonds. The second-order valence-corrected chi connectivity index (χ2v) is 6.31. The number of amides is 1. The molecule has 118 valence electrons. The first-order valence-electron chi connectivity index (χ1n) is 8.07. The van der Waals surface area contributed by atoms with Crippen LogP contribution in [0.4, 0.5) is 0 Å². The van der Waals surface area contributed by atoms with Gasteiger partial charge >= 0.3 is 0 Å². The van der Waals surface area contributed by atoms with Crippen molar-refractivity contribution in [3.05, 3.63) is 30.0 Å². The Morgan fingerprint density at radius 2 is 1.95 bits per heavy atom. The van der Waals surface area contributed by atoms with E-state index in [4.69, 9.17) is 0 Å². The molecular formula is C17H23N3O2. The van der Waals surface area contributed by atoms with Crippen LogP contribution >= 0.6 is 0 Å². The molecule has 0 radical (unpaired) electrons. The molecule has 1 fully saturated rings. The van der Waals surface area contributed by atoms with Crippen molar-refractivity contribution in [2.24, 2.45) is 0 Å². The number of hydrogen-bond acceptors (Lipinski definition) is 3. The Labute approximate surface area is 130 Å². The van der Waals surface area contributed by atoms with E-state index < -0.39 is 5.60 Å². The van der Waals surface area contributed by atoms with Crippen LogP contribution in [0.15, 0.2) is 24.3 Å². The molecule has 0 aliphatic heterocycles. The lowest BCUT2D eigenvalue weighted by Gasteiger charge is -2.26. The second-order valence-electron chi connectivity index (χ2n) is 6.31. The van der Waals surface area contributed by atoms with Crippen LogP contribution in [-0.2, 0) is 11.2 Å². The predicted molar refractivity (Wildman–Crippen MR) is 85.5 cm³/mol. The molecule has 0 saturated heterocycles. The van der Waals surface area contributed by atoms with E-state index in [1.165, 1.54) is 12.8 Å². The zero-order chi connectivity index (χ0) is 15.4. The lowest BCUT2D eigenvalue weighted by atomic mass is 9.94. The van der Waals surface area contributed by atoms with Crippen molar-refractivity contribution in [3.8, 4) is 0 Å². The van der Waals surface area contributed by atoms with E-state index in [-0.39, 0.29) is 12.3 Å². The molecular weight excluding hydrogens is 278 g/mol. The van der Waals surface area contributed by atoms with Gasteiger partial charge in [-0.1, -0.05) is 43.9 Å². The first-order chi connectivity index (χ1) is 10.7. The number of carbonyl (C=O) groups is 1. The molecule has 0 bridgehead atoms. The SMILES string of the molecule is O=C(Cc1[nH]nc2ccccc12)NCC1(O)CCCCCC1. The Hall–Kier alpha value is -1.88. The van der Waals surface area contributed by atoms with Crippen molar-refractivity contribution >= 4 is 16.8 Å². The Morgan fingerprint density at radius 3 is 2.73 bits per heavy atom. The lowest BCUT2D eigenvalue weighted by Crippen LogP contribution is -2.43.